The van der Waals surface area contributed by atoms with Crippen LogP contribution in [0.2, 0.25) is 0 Å². The molecule has 0 aromatic heterocycles. The van der Waals surface area contributed by atoms with Crippen LogP contribution in [-0.2, 0) is 13.1 Å². The molecule has 3 rings (SSSR count). The first-order valence-corrected chi connectivity index (χ1v) is 10.3. The van der Waals surface area contributed by atoms with Crippen LogP contribution in [0.1, 0.15) is 54.1 Å². The Morgan fingerprint density at radius 1 is 1.07 bits per heavy atom. The first-order valence-electron chi connectivity index (χ1n) is 10.3. The summed E-state index contributed by atoms with van der Waals surface area (Å²) in [6.07, 6.45) is 4.39. The van der Waals surface area contributed by atoms with Gasteiger partial charge < -0.3 is 15.5 Å². The second-order valence-electron chi connectivity index (χ2n) is 7.34. The zero-order chi connectivity index (χ0) is 19.8. The van der Waals surface area contributed by atoms with Gasteiger partial charge in [0, 0.05) is 49.5 Å². The third-order valence-electron chi connectivity index (χ3n) is 5.20. The third kappa shape index (κ3) is 5.32. The van der Waals surface area contributed by atoms with Crippen molar-refractivity contribution in [1.82, 2.24) is 10.6 Å². The lowest BCUT2D eigenvalue weighted by Crippen LogP contribution is -2.24. The lowest BCUT2D eigenvalue weighted by molar-refractivity contribution is 0.0953. The second kappa shape index (κ2) is 10.2. The fourth-order valence-corrected chi connectivity index (χ4v) is 3.56. The molecule has 0 unspecified atom stereocenters. The summed E-state index contributed by atoms with van der Waals surface area (Å²) in [6, 6.07) is 12.9. The van der Waals surface area contributed by atoms with E-state index >= 15 is 0 Å². The number of carbonyl (C=O) groups excluding carboxylic acids is 1. The second-order valence-corrected chi connectivity index (χ2v) is 7.34. The van der Waals surface area contributed by atoms with E-state index in [1.807, 2.05) is 30.3 Å². The highest BCUT2D eigenvalue weighted by Gasteiger charge is 2.17. The molecule has 2 N–H and O–H groups in total. The number of benzene rings is 2. The molecule has 28 heavy (non-hydrogen) atoms. The van der Waals surface area contributed by atoms with Crippen molar-refractivity contribution in [3.63, 3.8) is 0 Å². The highest BCUT2D eigenvalue weighted by molar-refractivity contribution is 5.94. The molecule has 1 saturated heterocycles. The fourth-order valence-electron chi connectivity index (χ4n) is 3.56. The van der Waals surface area contributed by atoms with Crippen LogP contribution >= 0.6 is 0 Å². The summed E-state index contributed by atoms with van der Waals surface area (Å²) in [6.45, 7) is 5.92. The average molecular weight is 384 g/mol. The standard InChI is InChI=1S/C23H30FN3O/c1-2-3-13-26-23(28)19-11-9-18(10-12-19)16-25-17-20-21(24)7-6-8-22(20)27-14-4-5-15-27/h6-12,25H,2-5,13-17H2,1H3,(H,26,28). The minimum atomic E-state index is -0.156. The topological polar surface area (TPSA) is 44.4 Å². The fraction of sp³-hybridized carbons (Fsp3) is 0.435. The Labute approximate surface area is 167 Å². The van der Waals surface area contributed by atoms with Gasteiger partial charge in [0.15, 0.2) is 0 Å². The average Bonchev–Trinajstić information content (AvgIpc) is 3.24. The number of hydrogen-bond acceptors (Lipinski definition) is 3. The largest absolute Gasteiger partial charge is 0.371 e. The molecule has 150 valence electrons. The zero-order valence-electron chi connectivity index (χ0n) is 16.6. The van der Waals surface area contributed by atoms with Crippen molar-refractivity contribution < 1.29 is 9.18 Å². The van der Waals surface area contributed by atoms with E-state index in [1.54, 1.807) is 6.07 Å². The van der Waals surface area contributed by atoms with E-state index < -0.39 is 0 Å². The summed E-state index contributed by atoms with van der Waals surface area (Å²) in [5.74, 6) is -0.189. The van der Waals surface area contributed by atoms with Crippen molar-refractivity contribution in [2.45, 2.75) is 45.7 Å². The number of anilines is 1. The Kier molecular flexibility index (Phi) is 7.43. The summed E-state index contributed by atoms with van der Waals surface area (Å²) >= 11 is 0. The first-order chi connectivity index (χ1) is 13.7. The van der Waals surface area contributed by atoms with Crippen LogP contribution in [0.15, 0.2) is 42.5 Å². The van der Waals surface area contributed by atoms with Crippen LogP contribution in [-0.4, -0.2) is 25.5 Å². The molecule has 0 bridgehead atoms. The summed E-state index contributed by atoms with van der Waals surface area (Å²) in [5.41, 5.74) is 3.48. The molecule has 0 atom stereocenters. The van der Waals surface area contributed by atoms with Crippen molar-refractivity contribution in [1.29, 1.82) is 0 Å². The van der Waals surface area contributed by atoms with E-state index in [1.165, 1.54) is 18.9 Å². The van der Waals surface area contributed by atoms with Gasteiger partial charge in [-0.2, -0.15) is 0 Å². The smallest absolute Gasteiger partial charge is 0.251 e. The van der Waals surface area contributed by atoms with Crippen LogP contribution < -0.4 is 15.5 Å². The van der Waals surface area contributed by atoms with Gasteiger partial charge in [-0.05, 0) is 49.1 Å². The van der Waals surface area contributed by atoms with Crippen molar-refractivity contribution >= 4 is 11.6 Å². The Morgan fingerprint density at radius 2 is 1.82 bits per heavy atom. The number of carbonyl (C=O) groups is 1. The maximum absolute atomic E-state index is 14.4. The molecule has 1 aliphatic heterocycles. The molecule has 4 nitrogen and oxygen atoms in total. The van der Waals surface area contributed by atoms with Crippen molar-refractivity contribution in [3.05, 3.63) is 65.0 Å². The summed E-state index contributed by atoms with van der Waals surface area (Å²) in [7, 11) is 0. The molecule has 0 radical (unpaired) electrons. The molecular weight excluding hydrogens is 353 g/mol. The number of nitrogens with zero attached hydrogens (tertiary/aromatic N) is 1. The number of nitrogens with one attached hydrogen (secondary N) is 2. The van der Waals surface area contributed by atoms with Crippen LogP contribution in [0.5, 0.6) is 0 Å². The first kappa shape index (κ1) is 20.3. The molecule has 5 heteroatoms. The van der Waals surface area contributed by atoms with Gasteiger partial charge in [0.2, 0.25) is 0 Å². The molecule has 1 heterocycles. The molecular formula is C23H30FN3O. The van der Waals surface area contributed by atoms with Gasteiger partial charge in [0.25, 0.3) is 5.91 Å². The maximum atomic E-state index is 14.4. The molecule has 1 aliphatic rings. The van der Waals surface area contributed by atoms with Crippen LogP contribution in [0.3, 0.4) is 0 Å². The van der Waals surface area contributed by atoms with Gasteiger partial charge in [0.05, 0.1) is 0 Å². The van der Waals surface area contributed by atoms with Gasteiger partial charge >= 0.3 is 0 Å². The van der Waals surface area contributed by atoms with E-state index in [-0.39, 0.29) is 11.7 Å². The normalized spacial score (nSPS) is 13.7. The van der Waals surface area contributed by atoms with E-state index in [2.05, 4.69) is 22.5 Å². The van der Waals surface area contributed by atoms with Gasteiger partial charge in [0.1, 0.15) is 5.82 Å². The highest BCUT2D eigenvalue weighted by Crippen LogP contribution is 2.26. The van der Waals surface area contributed by atoms with Gasteiger partial charge in [-0.15, -0.1) is 0 Å². The van der Waals surface area contributed by atoms with Crippen LogP contribution in [0.4, 0.5) is 10.1 Å². The monoisotopic (exact) mass is 383 g/mol. The predicted octanol–water partition coefficient (Wildman–Crippen LogP) is 4.25. The number of rotatable bonds is 9. The van der Waals surface area contributed by atoms with Crippen molar-refractivity contribution in [2.24, 2.45) is 0 Å². The van der Waals surface area contributed by atoms with Crippen LogP contribution in [0, 0.1) is 5.82 Å². The summed E-state index contributed by atoms with van der Waals surface area (Å²) < 4.78 is 14.4. The summed E-state index contributed by atoms with van der Waals surface area (Å²) in [5, 5.41) is 6.27. The Bertz CT molecular complexity index is 770. The Hall–Kier alpha value is -2.40. The van der Waals surface area contributed by atoms with Gasteiger partial charge in [-0.3, -0.25) is 4.79 Å². The van der Waals surface area contributed by atoms with Gasteiger partial charge in [-0.25, -0.2) is 4.39 Å². The SMILES string of the molecule is CCCCNC(=O)c1ccc(CNCc2c(F)cccc2N2CCCC2)cc1. The molecule has 1 fully saturated rings. The summed E-state index contributed by atoms with van der Waals surface area (Å²) in [4.78, 5) is 14.3. The van der Waals surface area contributed by atoms with Crippen molar-refractivity contribution in [3.8, 4) is 0 Å². The molecule has 0 aliphatic carbocycles. The zero-order valence-corrected chi connectivity index (χ0v) is 16.6. The van der Waals surface area contributed by atoms with Crippen LogP contribution in [0.25, 0.3) is 0 Å². The Morgan fingerprint density at radius 3 is 2.54 bits per heavy atom. The minimum Gasteiger partial charge on any atom is -0.371 e. The number of hydrogen-bond donors (Lipinski definition) is 2. The number of unbranched alkanes of at least 4 members (excludes halogenated alkanes) is 1. The van der Waals surface area contributed by atoms with E-state index in [9.17, 15) is 9.18 Å². The minimum absolute atomic E-state index is 0.0328. The lowest BCUT2D eigenvalue weighted by Gasteiger charge is -2.22. The van der Waals surface area contributed by atoms with E-state index in [4.69, 9.17) is 0 Å². The highest BCUT2D eigenvalue weighted by atomic mass is 19.1. The quantitative estimate of drug-likeness (QED) is 0.637. The molecule has 2 aromatic carbocycles. The number of amides is 1. The van der Waals surface area contributed by atoms with E-state index in [0.29, 0.717) is 25.2 Å². The lowest BCUT2D eigenvalue weighted by atomic mass is 10.1. The van der Waals surface area contributed by atoms with E-state index in [0.717, 1.165) is 42.7 Å². The molecule has 0 saturated carbocycles. The third-order valence-corrected chi connectivity index (χ3v) is 5.20. The molecule has 2 aromatic rings. The molecule has 0 spiro atoms. The van der Waals surface area contributed by atoms with Gasteiger partial charge in [-0.1, -0.05) is 31.5 Å². The molecule has 1 amide bonds. The van der Waals surface area contributed by atoms with Crippen molar-refractivity contribution in [2.75, 3.05) is 24.5 Å². The maximum Gasteiger partial charge on any atom is 0.251 e. The predicted molar refractivity (Wildman–Crippen MR) is 112 cm³/mol. The number of halogens is 1. The Balaban J connectivity index is 1.55.